The van der Waals surface area contributed by atoms with E-state index in [-0.39, 0.29) is 22.6 Å². The topological polar surface area (TPSA) is 55.8 Å². The Morgan fingerprint density at radius 3 is 2.50 bits per heavy atom. The van der Waals surface area contributed by atoms with Gasteiger partial charge in [-0.2, -0.15) is 0 Å². The molecule has 2 atom stereocenters. The molecule has 0 heterocycles. The van der Waals surface area contributed by atoms with Crippen molar-refractivity contribution in [2.45, 2.75) is 70.8 Å². The first-order valence-electron chi connectivity index (χ1n) is 14.4. The lowest BCUT2D eigenvalue weighted by molar-refractivity contribution is -0.150. The van der Waals surface area contributed by atoms with E-state index in [1.54, 1.807) is 19.2 Å². The molecule has 3 aliphatic carbocycles. The number of carbonyl (C=O) groups is 1. The summed E-state index contributed by atoms with van der Waals surface area (Å²) in [5.41, 5.74) is 6.79. The number of halogens is 1. The van der Waals surface area contributed by atoms with Gasteiger partial charge in [0.15, 0.2) is 0 Å². The minimum Gasteiger partial charge on any atom is -0.497 e. The summed E-state index contributed by atoms with van der Waals surface area (Å²) < 4.78 is 26.8. The fourth-order valence-corrected chi connectivity index (χ4v) is 7.28. The summed E-state index contributed by atoms with van der Waals surface area (Å²) in [5.74, 6) is 0.116. The molecule has 208 valence electrons. The highest BCUT2D eigenvalue weighted by Gasteiger charge is 2.53. The smallest absolute Gasteiger partial charge is 0.307 e. The van der Waals surface area contributed by atoms with Gasteiger partial charge in [0.25, 0.3) is 0 Å². The molecule has 0 aromatic heterocycles. The van der Waals surface area contributed by atoms with Crippen LogP contribution in [0.25, 0.3) is 16.7 Å². The predicted octanol–water partition coefficient (Wildman–Crippen LogP) is 8.35. The van der Waals surface area contributed by atoms with E-state index in [1.807, 2.05) is 18.2 Å². The maximum absolute atomic E-state index is 15.1. The van der Waals surface area contributed by atoms with Gasteiger partial charge in [-0.1, -0.05) is 38.1 Å². The fourth-order valence-electron chi connectivity index (χ4n) is 7.28. The normalized spacial score (nSPS) is 22.8. The lowest BCUT2D eigenvalue weighted by Gasteiger charge is -2.51. The molecule has 0 radical (unpaired) electrons. The highest BCUT2D eigenvalue weighted by atomic mass is 19.1. The highest BCUT2D eigenvalue weighted by Crippen LogP contribution is 2.56. The quantitative estimate of drug-likeness (QED) is 0.327. The molecular formula is C35H37FO4. The number of ether oxygens (including phenoxy) is 2. The van der Waals surface area contributed by atoms with Gasteiger partial charge < -0.3 is 14.6 Å². The zero-order valence-corrected chi connectivity index (χ0v) is 23.6. The Morgan fingerprint density at radius 1 is 0.975 bits per heavy atom. The predicted molar refractivity (Wildman–Crippen MR) is 155 cm³/mol. The number of fused-ring (bicyclic) bond motifs is 2. The van der Waals surface area contributed by atoms with Gasteiger partial charge in [-0.25, -0.2) is 4.39 Å². The molecule has 1 saturated carbocycles. The number of allylic oxidation sites excluding steroid dienone is 2. The first kappa shape index (κ1) is 26.6. The Hall–Kier alpha value is -3.60. The van der Waals surface area contributed by atoms with Gasteiger partial charge in [0.2, 0.25) is 0 Å². The summed E-state index contributed by atoms with van der Waals surface area (Å²) >= 11 is 0. The third-order valence-corrected chi connectivity index (χ3v) is 9.62. The van der Waals surface area contributed by atoms with Crippen molar-refractivity contribution in [2.24, 2.45) is 11.3 Å². The average molecular weight is 541 g/mol. The molecular weight excluding hydrogens is 503 g/mol. The van der Waals surface area contributed by atoms with Crippen LogP contribution < -0.4 is 9.47 Å². The summed E-state index contributed by atoms with van der Waals surface area (Å²) in [6.07, 6.45) is 8.95. The van der Waals surface area contributed by atoms with Gasteiger partial charge in [0.1, 0.15) is 23.9 Å². The van der Waals surface area contributed by atoms with Crippen molar-refractivity contribution in [2.75, 3.05) is 7.11 Å². The number of carboxylic acids is 1. The zero-order chi connectivity index (χ0) is 28.1. The van der Waals surface area contributed by atoms with Gasteiger partial charge in [0.05, 0.1) is 13.0 Å². The Bertz CT molecular complexity index is 1500. The van der Waals surface area contributed by atoms with Crippen molar-refractivity contribution in [1.82, 2.24) is 0 Å². The number of hydrogen-bond donors (Lipinski definition) is 1. The average Bonchev–Trinajstić information content (AvgIpc) is 3.29. The third kappa shape index (κ3) is 4.49. The second-order valence-electron chi connectivity index (χ2n) is 12.3. The van der Waals surface area contributed by atoms with E-state index in [4.69, 9.17) is 9.47 Å². The third-order valence-electron chi connectivity index (χ3n) is 9.62. The monoisotopic (exact) mass is 540 g/mol. The van der Waals surface area contributed by atoms with Gasteiger partial charge >= 0.3 is 5.97 Å². The number of carboxylic acid groups (broad SMARTS) is 1. The highest BCUT2D eigenvalue weighted by molar-refractivity contribution is 5.85. The molecule has 3 aromatic rings. The number of aryl methyl sites for hydroxylation is 1. The molecule has 5 heteroatoms. The molecule has 0 amide bonds. The van der Waals surface area contributed by atoms with Gasteiger partial charge in [0, 0.05) is 11.0 Å². The van der Waals surface area contributed by atoms with Gasteiger partial charge in [-0.15, -0.1) is 0 Å². The van der Waals surface area contributed by atoms with Crippen LogP contribution in [0.1, 0.15) is 74.6 Å². The molecule has 3 aliphatic rings. The lowest BCUT2D eigenvalue weighted by Crippen LogP contribution is -2.50. The maximum atomic E-state index is 15.1. The first-order valence-corrected chi connectivity index (χ1v) is 14.4. The lowest BCUT2D eigenvalue weighted by atomic mass is 9.52. The summed E-state index contributed by atoms with van der Waals surface area (Å²) in [4.78, 5) is 12.0. The Morgan fingerprint density at radius 2 is 1.80 bits per heavy atom. The Kier molecular flexibility index (Phi) is 6.72. The van der Waals surface area contributed by atoms with E-state index in [9.17, 15) is 9.90 Å². The largest absolute Gasteiger partial charge is 0.497 e. The molecule has 1 N–H and O–H groups in total. The van der Waals surface area contributed by atoms with Crippen molar-refractivity contribution in [3.05, 3.63) is 88.7 Å². The number of aliphatic carboxylic acids is 1. The van der Waals surface area contributed by atoms with Crippen LogP contribution in [0.5, 0.6) is 11.5 Å². The van der Waals surface area contributed by atoms with Gasteiger partial charge in [-0.3, -0.25) is 4.79 Å². The number of rotatable bonds is 7. The number of methoxy groups -OCH3 is 1. The second kappa shape index (κ2) is 10.1. The van der Waals surface area contributed by atoms with Crippen molar-refractivity contribution in [1.29, 1.82) is 0 Å². The van der Waals surface area contributed by atoms with Crippen LogP contribution in [-0.2, 0) is 23.2 Å². The van der Waals surface area contributed by atoms with Crippen LogP contribution in [0.4, 0.5) is 4.39 Å². The van der Waals surface area contributed by atoms with Crippen molar-refractivity contribution in [3.63, 3.8) is 0 Å². The van der Waals surface area contributed by atoms with Crippen LogP contribution in [0, 0.1) is 17.2 Å². The van der Waals surface area contributed by atoms with Crippen molar-refractivity contribution >= 4 is 11.5 Å². The van der Waals surface area contributed by atoms with E-state index in [2.05, 4.69) is 38.1 Å². The molecule has 4 nitrogen and oxygen atoms in total. The number of hydrogen-bond acceptors (Lipinski definition) is 3. The maximum Gasteiger partial charge on any atom is 0.307 e. The Labute approximate surface area is 235 Å². The summed E-state index contributed by atoms with van der Waals surface area (Å²) in [6, 6.07) is 17.2. The van der Waals surface area contributed by atoms with E-state index < -0.39 is 5.97 Å². The van der Waals surface area contributed by atoms with Crippen LogP contribution in [-0.4, -0.2) is 18.2 Å². The summed E-state index contributed by atoms with van der Waals surface area (Å²) in [5, 5.41) is 9.84. The molecule has 0 saturated heterocycles. The minimum atomic E-state index is -0.686. The molecule has 0 aliphatic heterocycles. The van der Waals surface area contributed by atoms with Crippen LogP contribution in [0.2, 0.25) is 0 Å². The van der Waals surface area contributed by atoms with Crippen LogP contribution in [0.3, 0.4) is 0 Å². The first-order chi connectivity index (χ1) is 19.2. The SMILES string of the molecule is COc1ccc(F)c(-c2ccc(COc3ccc4c(c3)[C@]3(CCC4)CC[C@H]3C(=O)O)cc2C2=CCCC2(C)C)c1. The number of benzene rings is 3. The van der Waals surface area contributed by atoms with E-state index >= 15 is 4.39 Å². The summed E-state index contributed by atoms with van der Waals surface area (Å²) in [7, 11) is 1.59. The van der Waals surface area contributed by atoms with E-state index in [0.29, 0.717) is 17.9 Å². The molecule has 6 rings (SSSR count). The van der Waals surface area contributed by atoms with Gasteiger partial charge in [-0.05, 0) is 120 Å². The standard InChI is InChI=1S/C35H37FO4/c1-34(2)15-5-7-29(34)27-18-22(8-12-26(27)28-19-24(39-3)11-13-32(28)36)21-40-25-10-9-23-6-4-16-35(31(23)20-25)17-14-30(35)33(37)38/h7-13,18-20,30H,4-6,14-17,21H2,1-3H3,(H,37,38)/t30-,35+/m0/s1. The van der Waals surface area contributed by atoms with Crippen LogP contribution >= 0.6 is 0 Å². The van der Waals surface area contributed by atoms with Crippen molar-refractivity contribution < 1.29 is 23.8 Å². The van der Waals surface area contributed by atoms with Crippen molar-refractivity contribution in [3.8, 4) is 22.6 Å². The zero-order valence-electron chi connectivity index (χ0n) is 23.6. The van der Waals surface area contributed by atoms with E-state index in [0.717, 1.165) is 72.9 Å². The Balaban J connectivity index is 1.32. The molecule has 1 fully saturated rings. The van der Waals surface area contributed by atoms with E-state index in [1.165, 1.54) is 17.2 Å². The van der Waals surface area contributed by atoms with Crippen LogP contribution in [0.15, 0.2) is 60.7 Å². The molecule has 0 unspecified atom stereocenters. The molecule has 40 heavy (non-hydrogen) atoms. The molecule has 1 spiro atoms. The second-order valence-corrected chi connectivity index (χ2v) is 12.3. The fraction of sp³-hybridized carbons (Fsp3) is 0.400. The summed E-state index contributed by atoms with van der Waals surface area (Å²) in [6.45, 7) is 4.86. The minimum absolute atomic E-state index is 0.0140. The molecule has 0 bridgehead atoms. The molecule has 3 aromatic carbocycles.